The van der Waals surface area contributed by atoms with Crippen LogP contribution in [0.3, 0.4) is 0 Å². The summed E-state index contributed by atoms with van der Waals surface area (Å²) in [7, 11) is 2.11. The topological polar surface area (TPSA) is 3.24 Å². The molecule has 0 bridgehead atoms. The van der Waals surface area contributed by atoms with Crippen molar-refractivity contribution in [2.45, 2.75) is 34.6 Å². The molecule has 2 aromatic rings. The molecule has 2 aromatic carbocycles. The molecule has 23 heavy (non-hydrogen) atoms. The normalized spacial score (nSPS) is 11.6. The van der Waals surface area contributed by atoms with Crippen LogP contribution in [0.5, 0.6) is 0 Å². The van der Waals surface area contributed by atoms with E-state index in [0.717, 1.165) is 0 Å². The van der Waals surface area contributed by atoms with Crippen molar-refractivity contribution in [2.24, 2.45) is 0 Å². The van der Waals surface area contributed by atoms with Crippen molar-refractivity contribution in [3.05, 3.63) is 83.6 Å². The van der Waals surface area contributed by atoms with E-state index in [1.165, 1.54) is 28.0 Å². The molecule has 0 N–H and O–H groups in total. The molecule has 0 amide bonds. The summed E-state index contributed by atoms with van der Waals surface area (Å²) in [5.41, 5.74) is 6.29. The second-order valence-corrected chi connectivity index (χ2v) is 5.28. The highest BCUT2D eigenvalue weighted by Gasteiger charge is 2.07. The Morgan fingerprint density at radius 1 is 0.913 bits per heavy atom. The molecule has 2 rings (SSSR count). The van der Waals surface area contributed by atoms with Crippen LogP contribution in [-0.2, 0) is 0 Å². The number of rotatable bonds is 4. The quantitative estimate of drug-likeness (QED) is 0.585. The van der Waals surface area contributed by atoms with Crippen LogP contribution in [0.1, 0.15) is 38.8 Å². The predicted octanol–water partition coefficient (Wildman–Crippen LogP) is 6.46. The van der Waals surface area contributed by atoms with E-state index in [1.807, 2.05) is 13.8 Å². The number of aryl methyl sites for hydroxylation is 1. The van der Waals surface area contributed by atoms with Crippen LogP contribution >= 0.6 is 0 Å². The second kappa shape index (κ2) is 9.68. The summed E-state index contributed by atoms with van der Waals surface area (Å²) in [5, 5.41) is 0. The molecule has 0 radical (unpaired) electrons. The third-order valence-electron chi connectivity index (χ3n) is 3.76. The summed E-state index contributed by atoms with van der Waals surface area (Å²) < 4.78 is 0. The molecule has 0 spiro atoms. The SMILES string of the molecule is C/C=C(C)\C(=C/N(C)c1ccccc1C)c1ccccc1.CC. The van der Waals surface area contributed by atoms with Crippen molar-refractivity contribution in [3.8, 4) is 0 Å². The molecule has 0 aliphatic rings. The van der Waals surface area contributed by atoms with Crippen molar-refractivity contribution < 1.29 is 0 Å². The van der Waals surface area contributed by atoms with Gasteiger partial charge in [-0.1, -0.05) is 68.5 Å². The standard InChI is InChI=1S/C20H23N.C2H6/c1-5-16(2)19(18-12-7-6-8-13-18)15-21(4)20-14-10-9-11-17(20)3;1-2/h5-15H,1-4H3;1-2H3/b16-5-,19-15+;. The summed E-state index contributed by atoms with van der Waals surface area (Å²) in [4.78, 5) is 2.20. The fourth-order valence-electron chi connectivity index (χ4n) is 2.40. The minimum Gasteiger partial charge on any atom is -0.350 e. The number of nitrogens with zero attached hydrogens (tertiary/aromatic N) is 1. The van der Waals surface area contributed by atoms with Gasteiger partial charge >= 0.3 is 0 Å². The highest BCUT2D eigenvalue weighted by Crippen LogP contribution is 2.26. The van der Waals surface area contributed by atoms with Gasteiger partial charge in [0.15, 0.2) is 0 Å². The number of para-hydroxylation sites is 1. The molecule has 0 heterocycles. The average Bonchev–Trinajstić information content (AvgIpc) is 2.61. The predicted molar refractivity (Wildman–Crippen MR) is 105 cm³/mol. The van der Waals surface area contributed by atoms with Gasteiger partial charge in [0.05, 0.1) is 0 Å². The lowest BCUT2D eigenvalue weighted by Crippen LogP contribution is -2.11. The van der Waals surface area contributed by atoms with Crippen molar-refractivity contribution in [1.29, 1.82) is 0 Å². The summed E-state index contributed by atoms with van der Waals surface area (Å²) >= 11 is 0. The fraction of sp³-hybridized carbons (Fsp3) is 0.273. The van der Waals surface area contributed by atoms with Crippen LogP contribution < -0.4 is 4.90 Å². The summed E-state index contributed by atoms with van der Waals surface area (Å²) in [6, 6.07) is 19.0. The van der Waals surface area contributed by atoms with Crippen molar-refractivity contribution >= 4 is 11.3 Å². The molecule has 0 aromatic heterocycles. The van der Waals surface area contributed by atoms with Gasteiger partial charge in [0.25, 0.3) is 0 Å². The van der Waals surface area contributed by atoms with Crippen LogP contribution in [0, 0.1) is 6.92 Å². The van der Waals surface area contributed by atoms with Gasteiger partial charge in [0.1, 0.15) is 0 Å². The molecule has 1 heteroatoms. The number of benzene rings is 2. The lowest BCUT2D eigenvalue weighted by atomic mass is 9.99. The van der Waals surface area contributed by atoms with Gasteiger partial charge in [-0.05, 0) is 43.5 Å². The van der Waals surface area contributed by atoms with E-state index in [2.05, 4.69) is 99.6 Å². The summed E-state index contributed by atoms with van der Waals surface area (Å²) in [6.07, 6.45) is 4.37. The van der Waals surface area contributed by atoms with Gasteiger partial charge in [0, 0.05) is 24.5 Å². The zero-order valence-corrected chi connectivity index (χ0v) is 15.3. The Bertz CT molecular complexity index is 651. The first-order chi connectivity index (χ1) is 11.1. The zero-order chi connectivity index (χ0) is 17.2. The third kappa shape index (κ3) is 5.14. The number of hydrogen-bond donors (Lipinski definition) is 0. The minimum atomic E-state index is 1.23. The Labute approximate surface area is 142 Å². The van der Waals surface area contributed by atoms with E-state index in [9.17, 15) is 0 Å². The van der Waals surface area contributed by atoms with Gasteiger partial charge in [-0.25, -0.2) is 0 Å². The fourth-order valence-corrected chi connectivity index (χ4v) is 2.40. The van der Waals surface area contributed by atoms with Gasteiger partial charge in [0.2, 0.25) is 0 Å². The molecular formula is C22H29N. The van der Waals surface area contributed by atoms with Crippen LogP contribution in [0.15, 0.2) is 72.4 Å². The van der Waals surface area contributed by atoms with E-state index >= 15 is 0 Å². The van der Waals surface area contributed by atoms with Gasteiger partial charge in [-0.3, -0.25) is 0 Å². The first-order valence-corrected chi connectivity index (χ1v) is 8.32. The van der Waals surface area contributed by atoms with Crippen LogP contribution in [0.2, 0.25) is 0 Å². The van der Waals surface area contributed by atoms with Crippen molar-refractivity contribution in [2.75, 3.05) is 11.9 Å². The first kappa shape index (κ1) is 18.8. The smallest absolute Gasteiger partial charge is 0.0433 e. The molecule has 0 unspecified atom stereocenters. The Morgan fingerprint density at radius 3 is 2.04 bits per heavy atom. The maximum absolute atomic E-state index is 2.22. The first-order valence-electron chi connectivity index (χ1n) is 8.32. The molecule has 0 saturated heterocycles. The van der Waals surface area contributed by atoms with Crippen molar-refractivity contribution in [1.82, 2.24) is 0 Å². The molecular weight excluding hydrogens is 278 g/mol. The number of allylic oxidation sites excluding steroid dienone is 3. The van der Waals surface area contributed by atoms with E-state index in [0.29, 0.717) is 0 Å². The Morgan fingerprint density at radius 2 is 1.48 bits per heavy atom. The second-order valence-electron chi connectivity index (χ2n) is 5.28. The van der Waals surface area contributed by atoms with Crippen molar-refractivity contribution in [3.63, 3.8) is 0 Å². The molecule has 0 aliphatic heterocycles. The highest BCUT2D eigenvalue weighted by atomic mass is 15.1. The molecule has 0 aliphatic carbocycles. The Hall–Kier alpha value is -2.28. The minimum absolute atomic E-state index is 1.23. The van der Waals surface area contributed by atoms with Gasteiger partial charge < -0.3 is 4.90 Å². The van der Waals surface area contributed by atoms with Crippen LogP contribution in [-0.4, -0.2) is 7.05 Å². The van der Waals surface area contributed by atoms with Crippen LogP contribution in [0.25, 0.3) is 5.57 Å². The van der Waals surface area contributed by atoms with Gasteiger partial charge in [-0.2, -0.15) is 0 Å². The van der Waals surface area contributed by atoms with E-state index in [1.54, 1.807) is 0 Å². The molecule has 0 atom stereocenters. The van der Waals surface area contributed by atoms with E-state index in [-0.39, 0.29) is 0 Å². The van der Waals surface area contributed by atoms with Gasteiger partial charge in [-0.15, -0.1) is 0 Å². The maximum atomic E-state index is 2.22. The van der Waals surface area contributed by atoms with E-state index < -0.39 is 0 Å². The molecule has 1 nitrogen and oxygen atoms in total. The lowest BCUT2D eigenvalue weighted by molar-refractivity contribution is 1.18. The monoisotopic (exact) mass is 307 g/mol. The molecule has 0 saturated carbocycles. The Balaban J connectivity index is 0.00000127. The zero-order valence-electron chi connectivity index (χ0n) is 15.3. The lowest BCUT2D eigenvalue weighted by Gasteiger charge is -2.20. The number of hydrogen-bond acceptors (Lipinski definition) is 1. The Kier molecular flexibility index (Phi) is 7.90. The maximum Gasteiger partial charge on any atom is 0.0433 e. The summed E-state index contributed by atoms with van der Waals surface area (Å²) in [6.45, 7) is 10.4. The molecule has 122 valence electrons. The number of anilines is 1. The average molecular weight is 307 g/mol. The molecule has 0 fully saturated rings. The van der Waals surface area contributed by atoms with Crippen LogP contribution in [0.4, 0.5) is 5.69 Å². The summed E-state index contributed by atoms with van der Waals surface area (Å²) in [5.74, 6) is 0. The largest absolute Gasteiger partial charge is 0.350 e. The van der Waals surface area contributed by atoms with E-state index in [4.69, 9.17) is 0 Å². The highest BCUT2D eigenvalue weighted by molar-refractivity contribution is 5.80. The third-order valence-corrected chi connectivity index (χ3v) is 3.76.